The Balaban J connectivity index is 2.21. The van der Waals surface area contributed by atoms with Crippen LogP contribution in [0.25, 0.3) is 0 Å². The zero-order chi connectivity index (χ0) is 15.4. The lowest BCUT2D eigenvalue weighted by molar-refractivity contribution is -0.135. The molecule has 6 nitrogen and oxygen atoms in total. The van der Waals surface area contributed by atoms with Gasteiger partial charge < -0.3 is 14.5 Å². The third-order valence-electron chi connectivity index (χ3n) is 2.83. The summed E-state index contributed by atoms with van der Waals surface area (Å²) in [4.78, 5) is 16.9. The Bertz CT molecular complexity index is 627. The Morgan fingerprint density at radius 2 is 2.24 bits per heavy atom. The van der Waals surface area contributed by atoms with Gasteiger partial charge in [-0.05, 0) is 18.2 Å². The number of aromatic nitrogens is 2. The summed E-state index contributed by atoms with van der Waals surface area (Å²) < 4.78 is 5.16. The molecule has 2 rings (SSSR count). The minimum absolute atomic E-state index is 0.154. The molecule has 0 aliphatic carbocycles. The first kappa shape index (κ1) is 15.3. The van der Waals surface area contributed by atoms with E-state index in [1.54, 1.807) is 29.2 Å². The Morgan fingerprint density at radius 3 is 2.81 bits per heavy atom. The van der Waals surface area contributed by atoms with E-state index in [-0.39, 0.29) is 19.0 Å². The monoisotopic (exact) mass is 309 g/mol. The van der Waals surface area contributed by atoms with Crippen LogP contribution in [0.5, 0.6) is 0 Å². The standard InChI is InChI=1S/C14H16ClN3O3/c1-9(2)14-16-12(21-17-14)7-18(8-13(19)20)11-5-3-4-10(15)6-11/h3-6,9H,7-8H2,1-2H3,(H,19,20). The Kier molecular flexibility index (Phi) is 4.80. The smallest absolute Gasteiger partial charge is 0.323 e. The van der Waals surface area contributed by atoms with Crippen LogP contribution in [0.3, 0.4) is 0 Å². The van der Waals surface area contributed by atoms with Crippen molar-refractivity contribution in [2.24, 2.45) is 0 Å². The highest BCUT2D eigenvalue weighted by molar-refractivity contribution is 6.30. The summed E-state index contributed by atoms with van der Waals surface area (Å²) in [6.45, 7) is 3.95. The van der Waals surface area contributed by atoms with Gasteiger partial charge in [-0.2, -0.15) is 4.98 Å². The number of carboxylic acid groups (broad SMARTS) is 1. The van der Waals surface area contributed by atoms with E-state index < -0.39 is 5.97 Å². The van der Waals surface area contributed by atoms with Gasteiger partial charge in [-0.3, -0.25) is 4.79 Å². The predicted molar refractivity (Wildman–Crippen MR) is 78.5 cm³/mol. The van der Waals surface area contributed by atoms with Crippen molar-refractivity contribution in [1.82, 2.24) is 10.1 Å². The second-order valence-electron chi connectivity index (χ2n) is 4.93. The van der Waals surface area contributed by atoms with Gasteiger partial charge in [0.05, 0.1) is 6.54 Å². The van der Waals surface area contributed by atoms with Gasteiger partial charge in [0, 0.05) is 16.6 Å². The van der Waals surface area contributed by atoms with Crippen LogP contribution in [0.1, 0.15) is 31.5 Å². The van der Waals surface area contributed by atoms with E-state index in [9.17, 15) is 4.79 Å². The third kappa shape index (κ3) is 4.19. The van der Waals surface area contributed by atoms with Gasteiger partial charge in [-0.25, -0.2) is 0 Å². The predicted octanol–water partition coefficient (Wildman–Crippen LogP) is 2.94. The molecule has 1 aromatic carbocycles. The van der Waals surface area contributed by atoms with Crippen LogP contribution in [0.2, 0.25) is 5.02 Å². The number of carbonyl (C=O) groups is 1. The summed E-state index contributed by atoms with van der Waals surface area (Å²) in [7, 11) is 0. The van der Waals surface area contributed by atoms with Crippen LogP contribution in [-0.4, -0.2) is 27.8 Å². The summed E-state index contributed by atoms with van der Waals surface area (Å²) in [6.07, 6.45) is 0. The van der Waals surface area contributed by atoms with E-state index in [1.165, 1.54) is 0 Å². The highest BCUT2D eigenvalue weighted by atomic mass is 35.5. The van der Waals surface area contributed by atoms with Crippen molar-refractivity contribution in [1.29, 1.82) is 0 Å². The summed E-state index contributed by atoms with van der Waals surface area (Å²) >= 11 is 5.95. The van der Waals surface area contributed by atoms with Crippen molar-refractivity contribution in [2.45, 2.75) is 26.3 Å². The molecule has 0 saturated carbocycles. The minimum Gasteiger partial charge on any atom is -0.480 e. The van der Waals surface area contributed by atoms with Gasteiger partial charge in [-0.1, -0.05) is 36.7 Å². The van der Waals surface area contributed by atoms with E-state index in [1.807, 2.05) is 13.8 Å². The Labute approximate surface area is 127 Å². The number of benzene rings is 1. The fraction of sp³-hybridized carbons (Fsp3) is 0.357. The summed E-state index contributed by atoms with van der Waals surface area (Å²) in [5, 5.41) is 13.5. The fourth-order valence-corrected chi connectivity index (χ4v) is 1.99. The molecule has 0 aliphatic rings. The van der Waals surface area contributed by atoms with Gasteiger partial charge >= 0.3 is 5.97 Å². The molecule has 0 unspecified atom stereocenters. The number of rotatable bonds is 6. The number of anilines is 1. The molecule has 0 spiro atoms. The number of hydrogen-bond donors (Lipinski definition) is 1. The van der Waals surface area contributed by atoms with Crippen molar-refractivity contribution in [3.8, 4) is 0 Å². The lowest BCUT2D eigenvalue weighted by Gasteiger charge is -2.20. The first-order valence-electron chi connectivity index (χ1n) is 6.50. The molecule has 1 N–H and O–H groups in total. The Hall–Kier alpha value is -2.08. The lowest BCUT2D eigenvalue weighted by Crippen LogP contribution is -2.29. The highest BCUT2D eigenvalue weighted by Crippen LogP contribution is 2.21. The van der Waals surface area contributed by atoms with Crippen LogP contribution >= 0.6 is 11.6 Å². The van der Waals surface area contributed by atoms with Crippen LogP contribution in [0.4, 0.5) is 5.69 Å². The van der Waals surface area contributed by atoms with Gasteiger partial charge in [0.25, 0.3) is 0 Å². The lowest BCUT2D eigenvalue weighted by atomic mass is 10.2. The van der Waals surface area contributed by atoms with Gasteiger partial charge in [0.2, 0.25) is 5.89 Å². The fourth-order valence-electron chi connectivity index (χ4n) is 1.80. The normalized spacial score (nSPS) is 10.9. The minimum atomic E-state index is -0.946. The van der Waals surface area contributed by atoms with E-state index in [4.69, 9.17) is 21.2 Å². The molecule has 1 heterocycles. The molecular formula is C14H16ClN3O3. The second kappa shape index (κ2) is 6.58. The largest absolute Gasteiger partial charge is 0.480 e. The molecule has 21 heavy (non-hydrogen) atoms. The molecule has 0 radical (unpaired) electrons. The van der Waals surface area contributed by atoms with Gasteiger partial charge in [-0.15, -0.1) is 0 Å². The number of halogens is 1. The third-order valence-corrected chi connectivity index (χ3v) is 3.06. The SMILES string of the molecule is CC(C)c1noc(CN(CC(=O)O)c2cccc(Cl)c2)n1. The van der Waals surface area contributed by atoms with Crippen LogP contribution in [0.15, 0.2) is 28.8 Å². The first-order chi connectivity index (χ1) is 9.95. The Morgan fingerprint density at radius 1 is 1.48 bits per heavy atom. The topological polar surface area (TPSA) is 79.5 Å². The number of carboxylic acids is 1. The van der Waals surface area contributed by atoms with Crippen molar-refractivity contribution in [3.05, 3.63) is 41.0 Å². The first-order valence-corrected chi connectivity index (χ1v) is 6.88. The summed E-state index contributed by atoms with van der Waals surface area (Å²) in [5.74, 6) is 0.187. The molecule has 0 atom stereocenters. The molecule has 0 saturated heterocycles. The van der Waals surface area contributed by atoms with Crippen LogP contribution < -0.4 is 4.90 Å². The second-order valence-corrected chi connectivity index (χ2v) is 5.37. The average molecular weight is 310 g/mol. The highest BCUT2D eigenvalue weighted by Gasteiger charge is 2.16. The van der Waals surface area contributed by atoms with Crippen LogP contribution in [0, 0.1) is 0 Å². The van der Waals surface area contributed by atoms with Gasteiger partial charge in [0.1, 0.15) is 6.54 Å². The van der Waals surface area contributed by atoms with Crippen molar-refractivity contribution < 1.29 is 14.4 Å². The van der Waals surface area contributed by atoms with Crippen molar-refractivity contribution in [2.75, 3.05) is 11.4 Å². The number of aliphatic carboxylic acids is 1. The molecular weight excluding hydrogens is 294 g/mol. The molecule has 0 amide bonds. The maximum absolute atomic E-state index is 11.0. The molecule has 2 aromatic rings. The summed E-state index contributed by atoms with van der Waals surface area (Å²) in [6, 6.07) is 6.98. The maximum Gasteiger partial charge on any atom is 0.323 e. The molecule has 112 valence electrons. The molecule has 1 aromatic heterocycles. The quantitative estimate of drug-likeness (QED) is 0.883. The molecule has 0 bridgehead atoms. The van der Waals surface area contributed by atoms with E-state index in [0.717, 1.165) is 0 Å². The maximum atomic E-state index is 11.0. The number of nitrogens with zero attached hydrogens (tertiary/aromatic N) is 3. The molecule has 0 fully saturated rings. The van der Waals surface area contributed by atoms with Crippen molar-refractivity contribution in [3.63, 3.8) is 0 Å². The number of hydrogen-bond acceptors (Lipinski definition) is 5. The van der Waals surface area contributed by atoms with Crippen molar-refractivity contribution >= 4 is 23.3 Å². The average Bonchev–Trinajstić information content (AvgIpc) is 2.86. The molecule has 0 aliphatic heterocycles. The van der Waals surface area contributed by atoms with Crippen LogP contribution in [-0.2, 0) is 11.3 Å². The summed E-state index contributed by atoms with van der Waals surface area (Å²) in [5.41, 5.74) is 0.689. The van der Waals surface area contributed by atoms with E-state index >= 15 is 0 Å². The van der Waals surface area contributed by atoms with E-state index in [0.29, 0.717) is 22.4 Å². The van der Waals surface area contributed by atoms with Gasteiger partial charge in [0.15, 0.2) is 5.82 Å². The zero-order valence-electron chi connectivity index (χ0n) is 11.8. The zero-order valence-corrected chi connectivity index (χ0v) is 12.5. The van der Waals surface area contributed by atoms with E-state index in [2.05, 4.69) is 10.1 Å². The molecule has 7 heteroatoms.